The summed E-state index contributed by atoms with van der Waals surface area (Å²) in [5.74, 6) is 0.934. The normalized spacial score (nSPS) is 13.0. The Morgan fingerprint density at radius 2 is 0.535 bits per heavy atom. The first-order chi connectivity index (χ1) is 42.1. The third kappa shape index (κ3) is 56.6. The monoisotopic (exact) mass is 1220 g/mol. The molecule has 0 rings (SSSR count). The summed E-state index contributed by atoms with van der Waals surface area (Å²) in [6.45, 7) is 23.8. The quantitative estimate of drug-likeness (QED) is 0.0326. The number of likely N-dealkylation sites (N-methyl/N-ethyl adjacent to an activating group) is 1. The predicted octanol–water partition coefficient (Wildman–Crippen LogP) is 21.8. The van der Waals surface area contributed by atoms with Crippen molar-refractivity contribution in [1.29, 1.82) is 0 Å². The standard InChI is InChI=1S/C74H144N2O10/c1-9-17-23-27-33-43-51-67(49-41-25-19-11-3)65-83-71(77)57-47-37-31-29-35-45-55-69(53-39-21-13-5)85-73(79)81-63-61-76(60-59-75(15-7)16-8)62-64-82-74(80)86-70(54-40-22-14-6)56-46-36-30-32-38-48-58-72(78)84-66-68(50-42-26-20-12-4)52-44-34-28-24-18-10-2/h67-70H,9-66H2,1-8H3. The number of rotatable bonds is 67. The zero-order chi connectivity index (χ0) is 63.0. The summed E-state index contributed by atoms with van der Waals surface area (Å²) in [7, 11) is 0. The Labute approximate surface area is 532 Å². The van der Waals surface area contributed by atoms with Gasteiger partial charge in [0.1, 0.15) is 25.4 Å². The average Bonchev–Trinajstić information content (AvgIpc) is 3.56. The van der Waals surface area contributed by atoms with Crippen LogP contribution in [0.25, 0.3) is 0 Å². The topological polar surface area (TPSA) is 130 Å². The SMILES string of the molecule is CCCCCCCCC(CCCCCC)COC(=O)CCCCCCCCC(CCCCC)OC(=O)OCCN(CCOC(=O)OC(CCCCC)CCCCCCCCC(=O)OCC(CCCCCC)CCCCCCCC)CCN(CC)CC. The molecular weight excluding hydrogens is 1080 g/mol. The number of hydrogen-bond acceptors (Lipinski definition) is 12. The molecule has 0 aromatic carbocycles. The number of hydrogen-bond donors (Lipinski definition) is 0. The van der Waals surface area contributed by atoms with Gasteiger partial charge in [-0.05, 0) is 115 Å². The van der Waals surface area contributed by atoms with E-state index in [0.717, 1.165) is 167 Å². The molecule has 0 aromatic rings. The van der Waals surface area contributed by atoms with Gasteiger partial charge in [0.05, 0.1) is 13.2 Å². The number of ether oxygens (including phenoxy) is 6. The van der Waals surface area contributed by atoms with Crippen molar-refractivity contribution in [2.24, 2.45) is 11.8 Å². The van der Waals surface area contributed by atoms with Crippen molar-refractivity contribution >= 4 is 24.2 Å². The number of carbonyl (C=O) groups excluding carboxylic acids is 4. The van der Waals surface area contributed by atoms with Gasteiger partial charge in [0.25, 0.3) is 0 Å². The second-order valence-corrected chi connectivity index (χ2v) is 25.8. The summed E-state index contributed by atoms with van der Waals surface area (Å²) in [4.78, 5) is 56.2. The Balaban J connectivity index is 4.85. The van der Waals surface area contributed by atoms with Gasteiger partial charge < -0.3 is 33.3 Å². The molecule has 86 heavy (non-hydrogen) atoms. The summed E-state index contributed by atoms with van der Waals surface area (Å²) in [5, 5.41) is 0. The van der Waals surface area contributed by atoms with Crippen molar-refractivity contribution in [1.82, 2.24) is 9.80 Å². The van der Waals surface area contributed by atoms with Crippen molar-refractivity contribution in [2.45, 2.75) is 376 Å². The highest BCUT2D eigenvalue weighted by molar-refractivity contribution is 5.69. The highest BCUT2D eigenvalue weighted by Crippen LogP contribution is 2.24. The van der Waals surface area contributed by atoms with Crippen LogP contribution in [-0.4, -0.2) is 112 Å². The average molecular weight is 1220 g/mol. The first-order valence-electron chi connectivity index (χ1n) is 37.5. The smallest absolute Gasteiger partial charge is 0.465 e. The minimum Gasteiger partial charge on any atom is -0.465 e. The van der Waals surface area contributed by atoms with E-state index in [1.807, 2.05) is 0 Å². The van der Waals surface area contributed by atoms with E-state index in [1.165, 1.54) is 154 Å². The van der Waals surface area contributed by atoms with E-state index >= 15 is 0 Å². The molecule has 0 fully saturated rings. The van der Waals surface area contributed by atoms with Gasteiger partial charge in [-0.2, -0.15) is 0 Å². The maximum Gasteiger partial charge on any atom is 0.508 e. The van der Waals surface area contributed by atoms with Crippen LogP contribution in [0.2, 0.25) is 0 Å². The number of unbranched alkanes of at least 4 members (excludes halogenated alkanes) is 30. The van der Waals surface area contributed by atoms with E-state index in [9.17, 15) is 19.2 Å². The minimum atomic E-state index is -0.607. The summed E-state index contributed by atoms with van der Waals surface area (Å²) in [5.41, 5.74) is 0. The fourth-order valence-electron chi connectivity index (χ4n) is 11.8. The van der Waals surface area contributed by atoms with Crippen LogP contribution in [0.5, 0.6) is 0 Å². The van der Waals surface area contributed by atoms with Gasteiger partial charge in [0.15, 0.2) is 0 Å². The van der Waals surface area contributed by atoms with Gasteiger partial charge in [-0.1, -0.05) is 261 Å². The Kier molecular flexibility index (Phi) is 63.4. The van der Waals surface area contributed by atoms with E-state index in [4.69, 9.17) is 28.4 Å². The highest BCUT2D eigenvalue weighted by atomic mass is 16.7. The van der Waals surface area contributed by atoms with E-state index in [1.54, 1.807) is 0 Å². The minimum absolute atomic E-state index is 0.0336. The van der Waals surface area contributed by atoms with Crippen LogP contribution in [0.15, 0.2) is 0 Å². The van der Waals surface area contributed by atoms with E-state index < -0.39 is 12.3 Å². The molecule has 0 heterocycles. The van der Waals surface area contributed by atoms with E-state index in [-0.39, 0.29) is 37.4 Å². The summed E-state index contributed by atoms with van der Waals surface area (Å²) in [6.07, 6.45) is 52.1. The fourth-order valence-corrected chi connectivity index (χ4v) is 11.8. The molecule has 4 unspecified atom stereocenters. The molecule has 0 aliphatic carbocycles. The third-order valence-corrected chi connectivity index (χ3v) is 17.8. The van der Waals surface area contributed by atoms with Gasteiger partial charge in [0, 0.05) is 39.0 Å². The number of carbonyl (C=O) groups is 4. The zero-order valence-electron chi connectivity index (χ0n) is 58.3. The molecular formula is C74H144N2O10. The largest absolute Gasteiger partial charge is 0.508 e. The predicted molar refractivity (Wildman–Crippen MR) is 361 cm³/mol. The maximum atomic E-state index is 13.1. The Morgan fingerprint density at radius 3 is 0.860 bits per heavy atom. The molecule has 12 heteroatoms. The van der Waals surface area contributed by atoms with Crippen LogP contribution >= 0.6 is 0 Å². The molecule has 4 atom stereocenters. The number of esters is 2. The van der Waals surface area contributed by atoms with Gasteiger partial charge in [0.2, 0.25) is 0 Å². The van der Waals surface area contributed by atoms with Crippen molar-refractivity contribution in [3.63, 3.8) is 0 Å². The van der Waals surface area contributed by atoms with Crippen LogP contribution in [0, 0.1) is 11.8 Å². The molecule has 0 radical (unpaired) electrons. The molecule has 0 saturated heterocycles. The summed E-state index contributed by atoms with van der Waals surface area (Å²) < 4.78 is 35.0. The first kappa shape index (κ1) is 83.4. The van der Waals surface area contributed by atoms with E-state index in [2.05, 4.69) is 65.2 Å². The molecule has 12 nitrogen and oxygen atoms in total. The van der Waals surface area contributed by atoms with Crippen molar-refractivity contribution in [3.05, 3.63) is 0 Å². The lowest BCUT2D eigenvalue weighted by atomic mass is 9.95. The van der Waals surface area contributed by atoms with Gasteiger partial charge >= 0.3 is 24.2 Å². The molecule has 0 spiro atoms. The third-order valence-electron chi connectivity index (χ3n) is 17.8. The van der Waals surface area contributed by atoms with Gasteiger partial charge in [-0.15, -0.1) is 0 Å². The molecule has 0 aliphatic heterocycles. The molecule has 0 amide bonds. The Morgan fingerprint density at radius 1 is 0.279 bits per heavy atom. The highest BCUT2D eigenvalue weighted by Gasteiger charge is 2.20. The molecule has 0 N–H and O–H groups in total. The van der Waals surface area contributed by atoms with Gasteiger partial charge in [-0.25, -0.2) is 9.59 Å². The second-order valence-electron chi connectivity index (χ2n) is 25.8. The van der Waals surface area contributed by atoms with Crippen LogP contribution < -0.4 is 0 Å². The zero-order valence-corrected chi connectivity index (χ0v) is 58.3. The van der Waals surface area contributed by atoms with Crippen molar-refractivity contribution in [3.8, 4) is 0 Å². The summed E-state index contributed by atoms with van der Waals surface area (Å²) in [6, 6.07) is 0. The van der Waals surface area contributed by atoms with Gasteiger partial charge in [-0.3, -0.25) is 14.5 Å². The van der Waals surface area contributed by atoms with Crippen molar-refractivity contribution < 1.29 is 47.6 Å². The Bertz CT molecular complexity index is 1370. The Hall–Kier alpha value is -2.60. The lowest BCUT2D eigenvalue weighted by molar-refractivity contribution is -0.146. The van der Waals surface area contributed by atoms with Crippen LogP contribution in [-0.2, 0) is 38.0 Å². The molecule has 0 saturated carbocycles. The van der Waals surface area contributed by atoms with E-state index in [0.29, 0.717) is 51.0 Å². The second kappa shape index (κ2) is 65.4. The van der Waals surface area contributed by atoms with Crippen LogP contribution in [0.1, 0.15) is 364 Å². The molecule has 0 aliphatic rings. The van der Waals surface area contributed by atoms with Crippen LogP contribution in [0.4, 0.5) is 9.59 Å². The molecule has 0 aromatic heterocycles. The molecule has 510 valence electrons. The summed E-state index contributed by atoms with van der Waals surface area (Å²) >= 11 is 0. The van der Waals surface area contributed by atoms with Crippen molar-refractivity contribution in [2.75, 3.05) is 65.7 Å². The maximum absolute atomic E-state index is 13.1. The first-order valence-corrected chi connectivity index (χ1v) is 37.5. The lowest BCUT2D eigenvalue weighted by Crippen LogP contribution is -2.39. The molecule has 0 bridgehead atoms. The fraction of sp³-hybridized carbons (Fsp3) is 0.946. The lowest BCUT2D eigenvalue weighted by Gasteiger charge is -2.26. The number of nitrogens with zero attached hydrogens (tertiary/aromatic N) is 2. The van der Waals surface area contributed by atoms with Crippen LogP contribution in [0.3, 0.4) is 0 Å².